The second kappa shape index (κ2) is 46.7. The zero-order chi connectivity index (χ0) is 93.2. The van der Waals surface area contributed by atoms with E-state index in [4.69, 9.17) is 20.4 Å². The van der Waals surface area contributed by atoms with Crippen molar-refractivity contribution in [2.45, 2.75) is 219 Å². The summed E-state index contributed by atoms with van der Waals surface area (Å²) in [5, 5.41) is 37.4. The van der Waals surface area contributed by atoms with E-state index >= 15 is 0 Å². The van der Waals surface area contributed by atoms with Gasteiger partial charge in [-0.3, -0.25) is 0 Å². The van der Waals surface area contributed by atoms with Gasteiger partial charge in [-0.05, 0) is 243 Å². The summed E-state index contributed by atoms with van der Waals surface area (Å²) in [6, 6.07) is 109. The molecule has 0 spiro atoms. The van der Waals surface area contributed by atoms with E-state index in [2.05, 4.69) is 415 Å². The number of aryl methyl sites for hydroxylation is 10. The maximum Gasteiger partial charge on any atom is 0.159 e. The van der Waals surface area contributed by atoms with Crippen LogP contribution in [0.2, 0.25) is 0 Å². The van der Waals surface area contributed by atoms with Gasteiger partial charge in [0.05, 0.1) is 23.3 Å². The molecular weight excluding hydrogens is 2370 g/mol. The predicted octanol–water partition coefficient (Wildman–Crippen LogP) is 30.4. The summed E-state index contributed by atoms with van der Waals surface area (Å²) in [4.78, 5) is 0. The van der Waals surface area contributed by atoms with Crippen molar-refractivity contribution in [3.63, 3.8) is 0 Å². The van der Waals surface area contributed by atoms with E-state index in [9.17, 15) is 0 Å². The number of benzene rings is 13. The molecule has 0 aliphatic carbocycles. The SMILES string of the molecule is CCC(CC)(CC)c1nnc(-c2[c-]cccc2)n1-c1c(C)cc(C(C)(C)C)cc1C.CCCC(C)(C)c1nnc(-c2[c-]ccc(-c3cc(-c4ccccc4)cc(-c4ccccc4)c3)c2)n1-c1c(C)cc(-c2ccccc2)cc1C.Cc1cc(C)c(-n2c(-c3[c-]cccc3)nnc2-c2c(C)cccc2C)c(C)c1.Cc1nnc(-c2[c-]cccc2)n1-c1c(C(C)C)cccc1C(C)C.[Ir].[Ir].[Ir].[Ir]. The van der Waals surface area contributed by atoms with Crippen molar-refractivity contribution in [2.24, 2.45) is 0 Å². The van der Waals surface area contributed by atoms with Crippen molar-refractivity contribution >= 4 is 0 Å². The van der Waals surface area contributed by atoms with Crippen LogP contribution in [0.15, 0.2) is 273 Å². The van der Waals surface area contributed by atoms with Crippen LogP contribution in [0, 0.1) is 93.5 Å². The van der Waals surface area contributed by atoms with Crippen LogP contribution in [0.4, 0.5) is 0 Å². The summed E-state index contributed by atoms with van der Waals surface area (Å²) in [6.45, 7) is 50.9. The Hall–Kier alpha value is -11.0. The minimum Gasteiger partial charge on any atom is -0.320 e. The first-order valence-corrected chi connectivity index (χ1v) is 46.5. The van der Waals surface area contributed by atoms with Crippen molar-refractivity contribution in [1.82, 2.24) is 59.1 Å². The summed E-state index contributed by atoms with van der Waals surface area (Å²) in [5.74, 6) is 8.01. The average Bonchev–Trinajstić information content (AvgIpc) is 1.62. The molecular formula is C119H126Ir4N12-4. The van der Waals surface area contributed by atoms with E-state index < -0.39 is 0 Å². The summed E-state index contributed by atoms with van der Waals surface area (Å²) < 4.78 is 9.02. The maximum atomic E-state index is 4.92. The monoisotopic (exact) mass is 2490 g/mol. The Labute approximate surface area is 857 Å². The molecule has 16 heteroatoms. The molecule has 0 saturated carbocycles. The van der Waals surface area contributed by atoms with Gasteiger partial charge < -0.3 is 18.3 Å². The summed E-state index contributed by atoms with van der Waals surface area (Å²) >= 11 is 0. The zero-order valence-electron chi connectivity index (χ0n) is 82.4. The molecule has 4 aromatic heterocycles. The van der Waals surface area contributed by atoms with Gasteiger partial charge in [0, 0.05) is 120 Å². The first-order valence-electron chi connectivity index (χ1n) is 46.5. The van der Waals surface area contributed by atoms with Crippen LogP contribution in [0.1, 0.15) is 218 Å². The fraction of sp³-hybridized carbons (Fsp3) is 0.277. The van der Waals surface area contributed by atoms with Crippen molar-refractivity contribution in [1.29, 1.82) is 0 Å². The van der Waals surface area contributed by atoms with Crippen LogP contribution in [0.3, 0.4) is 0 Å². The number of hydrogen-bond donors (Lipinski definition) is 0. The van der Waals surface area contributed by atoms with Gasteiger partial charge in [0.15, 0.2) is 5.82 Å². The fourth-order valence-corrected chi connectivity index (χ4v) is 18.8. The van der Waals surface area contributed by atoms with Gasteiger partial charge in [-0.15, -0.1) is 163 Å². The molecule has 0 bridgehead atoms. The minimum absolute atomic E-state index is 0. The second-order valence-corrected chi connectivity index (χ2v) is 37.4. The Morgan fingerprint density at radius 3 is 1.07 bits per heavy atom. The number of aromatic nitrogens is 12. The van der Waals surface area contributed by atoms with Crippen LogP contribution < -0.4 is 0 Å². The normalized spacial score (nSPS) is 11.3. The molecule has 0 aliphatic rings. The van der Waals surface area contributed by atoms with Crippen molar-refractivity contribution < 1.29 is 80.4 Å². The van der Waals surface area contributed by atoms with Crippen molar-refractivity contribution in [3.8, 4) is 124 Å². The Kier molecular flexibility index (Phi) is 36.7. The minimum atomic E-state index is -0.177. The van der Waals surface area contributed by atoms with Crippen molar-refractivity contribution in [2.75, 3.05) is 0 Å². The Bertz CT molecular complexity index is 6620. The molecule has 0 N–H and O–H groups in total. The van der Waals surface area contributed by atoms with E-state index in [0.717, 1.165) is 129 Å². The Morgan fingerprint density at radius 1 is 0.289 bits per heavy atom. The quantitative estimate of drug-likeness (QED) is 0.0615. The standard InChI is InChI=1S/C46H42N3.C27H36N3.C25H24N3.C21H24N3.4Ir/c1-6-25-46(4,5)45-48-47-44(49(45)43-32(2)26-39(27-33(43)3)34-17-10-7-11-18-34)38-24-16-23-37(28-38)42-30-40(35-19-12-8-13-20-35)29-41(31-42)36-21-14-9-15-22-36;1-9-27(10-2,11-3)25-29-28-24(21-15-13-12-14-16-21)30(25)23-19(4)17-22(18-20(23)5)26(6,7)8;1-16-14-19(4)23(20(5)15-16)28-24(21-12-7-6-8-13-21)26-27-25(28)22-17(2)10-9-11-18(22)3;1-14(2)18-12-9-13-19(15(3)4)20(18)24-16(5)22-23-21(24)17-10-7-6-8-11-17;;;;/h7-23,26-31H,6,25H2,1-5H3;12-15,17-18H,9-11H2,1-8H3;6-12,14-15H,1-5H3;6-10,12-15H,1-5H3;;;;/q4*-1;;;;. The van der Waals surface area contributed by atoms with Crippen LogP contribution in [0.25, 0.3) is 124 Å². The van der Waals surface area contributed by atoms with Crippen molar-refractivity contribution in [3.05, 3.63) is 381 Å². The molecule has 0 amide bonds. The molecule has 0 unspecified atom stereocenters. The third-order valence-corrected chi connectivity index (χ3v) is 25.7. The van der Waals surface area contributed by atoms with E-state index in [-0.39, 0.29) is 96.7 Å². The van der Waals surface area contributed by atoms with Gasteiger partial charge in [0.1, 0.15) is 17.5 Å². The van der Waals surface area contributed by atoms with Gasteiger partial charge in [0.2, 0.25) is 0 Å². The van der Waals surface area contributed by atoms with Gasteiger partial charge in [0.25, 0.3) is 0 Å². The summed E-state index contributed by atoms with van der Waals surface area (Å²) in [5.41, 5.74) is 34.0. The molecule has 12 nitrogen and oxygen atoms in total. The molecule has 0 saturated heterocycles. The third kappa shape index (κ3) is 23.3. The number of nitrogens with zero attached hydrogens (tertiary/aromatic N) is 12. The summed E-state index contributed by atoms with van der Waals surface area (Å²) in [7, 11) is 0. The first-order chi connectivity index (χ1) is 63.0. The van der Waals surface area contributed by atoms with Crippen LogP contribution in [0.5, 0.6) is 0 Å². The van der Waals surface area contributed by atoms with E-state index in [0.29, 0.717) is 11.8 Å². The van der Waals surface area contributed by atoms with Gasteiger partial charge in [-0.1, -0.05) is 254 Å². The Balaban J connectivity index is 0.000000192. The summed E-state index contributed by atoms with van der Waals surface area (Å²) in [6.07, 6.45) is 5.17. The molecule has 702 valence electrons. The number of para-hydroxylation sites is 1. The third-order valence-electron chi connectivity index (χ3n) is 25.7. The molecule has 0 atom stereocenters. The molecule has 13 aromatic carbocycles. The van der Waals surface area contributed by atoms with Crippen LogP contribution >= 0.6 is 0 Å². The molecule has 17 rings (SSSR count). The molecule has 4 heterocycles. The van der Waals surface area contributed by atoms with E-state index in [1.165, 1.54) is 112 Å². The predicted molar refractivity (Wildman–Crippen MR) is 544 cm³/mol. The van der Waals surface area contributed by atoms with Gasteiger partial charge in [-0.2, -0.15) is 20.4 Å². The molecule has 0 fully saturated rings. The smallest absolute Gasteiger partial charge is 0.159 e. The van der Waals surface area contributed by atoms with Crippen LogP contribution in [-0.2, 0) is 96.7 Å². The van der Waals surface area contributed by atoms with Gasteiger partial charge in [-0.25, -0.2) is 0 Å². The van der Waals surface area contributed by atoms with Crippen LogP contribution in [-0.4, -0.2) is 59.1 Å². The number of hydrogen-bond acceptors (Lipinski definition) is 8. The second-order valence-electron chi connectivity index (χ2n) is 37.4. The topological polar surface area (TPSA) is 123 Å². The largest absolute Gasteiger partial charge is 0.320 e. The zero-order valence-corrected chi connectivity index (χ0v) is 92.0. The fourth-order valence-electron chi connectivity index (χ4n) is 18.8. The van der Waals surface area contributed by atoms with E-state index in [1.807, 2.05) is 79.7 Å². The maximum absolute atomic E-state index is 4.92. The first kappa shape index (κ1) is 106. The molecule has 4 radical (unpaired) electrons. The van der Waals surface area contributed by atoms with Gasteiger partial charge >= 0.3 is 0 Å². The average molecular weight is 2490 g/mol. The molecule has 0 aliphatic heterocycles. The molecule has 135 heavy (non-hydrogen) atoms. The number of rotatable bonds is 22. The molecule has 17 aromatic rings. The van der Waals surface area contributed by atoms with E-state index in [1.54, 1.807) is 0 Å². The Morgan fingerprint density at radius 2 is 0.644 bits per heavy atom.